The van der Waals surface area contributed by atoms with E-state index in [2.05, 4.69) is 30.1 Å². The van der Waals surface area contributed by atoms with E-state index in [1.165, 1.54) is 56.2 Å². The fourth-order valence-corrected chi connectivity index (χ4v) is 3.34. The number of fused-ring (bicyclic) bond motifs is 1. The summed E-state index contributed by atoms with van der Waals surface area (Å²) in [6.07, 6.45) is 10.8. The second-order valence-corrected chi connectivity index (χ2v) is 6.73. The highest BCUT2D eigenvalue weighted by Gasteiger charge is 2.06. The molecule has 130 valence electrons. The smallest absolute Gasteiger partial charge is 0.123 e. The van der Waals surface area contributed by atoms with Gasteiger partial charge in [0.2, 0.25) is 0 Å². The number of hydrogen-bond acceptors (Lipinski definition) is 1. The number of pyridine rings is 1. The lowest BCUT2D eigenvalue weighted by molar-refractivity contribution is 0.607. The van der Waals surface area contributed by atoms with Gasteiger partial charge in [0.05, 0.1) is 5.52 Å². The van der Waals surface area contributed by atoms with Crippen LogP contribution in [0.3, 0.4) is 0 Å². The summed E-state index contributed by atoms with van der Waals surface area (Å²) >= 11 is 0. The third-order valence-corrected chi connectivity index (χ3v) is 4.78. The van der Waals surface area contributed by atoms with Crippen LogP contribution in [0, 0.1) is 5.82 Å². The summed E-state index contributed by atoms with van der Waals surface area (Å²) in [5.41, 5.74) is 4.51. The van der Waals surface area contributed by atoms with Gasteiger partial charge in [0.25, 0.3) is 0 Å². The Labute approximate surface area is 149 Å². The molecule has 0 saturated carbocycles. The van der Waals surface area contributed by atoms with Crippen LogP contribution in [0.4, 0.5) is 4.39 Å². The molecule has 2 heteroatoms. The van der Waals surface area contributed by atoms with Crippen LogP contribution in [0.1, 0.15) is 51.0 Å². The first kappa shape index (κ1) is 17.6. The zero-order valence-corrected chi connectivity index (χ0v) is 15.0. The van der Waals surface area contributed by atoms with E-state index in [-0.39, 0.29) is 5.82 Å². The highest BCUT2D eigenvalue weighted by molar-refractivity contribution is 5.94. The second-order valence-electron chi connectivity index (χ2n) is 6.73. The van der Waals surface area contributed by atoms with Crippen molar-refractivity contribution in [2.24, 2.45) is 0 Å². The molecular formula is C23H26FN. The van der Waals surface area contributed by atoms with Crippen LogP contribution in [-0.4, -0.2) is 4.98 Å². The number of rotatable bonds is 8. The summed E-state index contributed by atoms with van der Waals surface area (Å²) in [6.45, 7) is 2.25. The number of halogens is 1. The van der Waals surface area contributed by atoms with Gasteiger partial charge in [-0.25, -0.2) is 4.39 Å². The molecule has 0 saturated heterocycles. The standard InChI is InChI=1S/C23H26FN/c1-2-3-4-5-6-7-8-18-9-14-23-22(17-18)21(15-16-25-23)19-10-12-20(24)13-11-19/h9-17H,2-8H2,1H3. The Balaban J connectivity index is 1.76. The molecule has 3 aromatic rings. The van der Waals surface area contributed by atoms with Crippen molar-refractivity contribution < 1.29 is 4.39 Å². The largest absolute Gasteiger partial charge is 0.256 e. The van der Waals surface area contributed by atoms with E-state index in [0.29, 0.717) is 0 Å². The van der Waals surface area contributed by atoms with Crippen molar-refractivity contribution in [3.05, 3.63) is 66.1 Å². The second kappa shape index (κ2) is 8.75. The Morgan fingerprint density at radius 2 is 1.60 bits per heavy atom. The maximum atomic E-state index is 13.2. The number of aryl methyl sites for hydroxylation is 1. The first-order valence-electron chi connectivity index (χ1n) is 9.41. The first-order valence-corrected chi connectivity index (χ1v) is 9.41. The molecule has 0 bridgehead atoms. The van der Waals surface area contributed by atoms with Gasteiger partial charge < -0.3 is 0 Å². The maximum absolute atomic E-state index is 13.2. The lowest BCUT2D eigenvalue weighted by atomic mass is 9.98. The van der Waals surface area contributed by atoms with Crippen molar-refractivity contribution in [3.8, 4) is 11.1 Å². The van der Waals surface area contributed by atoms with Crippen LogP contribution in [0.5, 0.6) is 0 Å². The van der Waals surface area contributed by atoms with Crippen molar-refractivity contribution in [2.45, 2.75) is 51.9 Å². The zero-order valence-electron chi connectivity index (χ0n) is 15.0. The molecule has 0 aliphatic rings. The summed E-state index contributed by atoms with van der Waals surface area (Å²) in [7, 11) is 0. The van der Waals surface area contributed by atoms with Crippen LogP contribution in [0.15, 0.2) is 54.7 Å². The monoisotopic (exact) mass is 335 g/mol. The summed E-state index contributed by atoms with van der Waals surface area (Å²) in [6, 6.07) is 15.3. The molecule has 25 heavy (non-hydrogen) atoms. The molecule has 0 aliphatic heterocycles. The van der Waals surface area contributed by atoms with Crippen LogP contribution in [0.2, 0.25) is 0 Å². The minimum Gasteiger partial charge on any atom is -0.256 e. The SMILES string of the molecule is CCCCCCCCc1ccc2nccc(-c3ccc(F)cc3)c2c1. The van der Waals surface area contributed by atoms with Crippen LogP contribution >= 0.6 is 0 Å². The molecule has 0 unspecified atom stereocenters. The number of hydrogen-bond donors (Lipinski definition) is 0. The molecule has 0 spiro atoms. The Morgan fingerprint density at radius 3 is 2.40 bits per heavy atom. The van der Waals surface area contributed by atoms with Gasteiger partial charge in [-0.1, -0.05) is 57.2 Å². The molecule has 0 atom stereocenters. The van der Waals surface area contributed by atoms with Crippen LogP contribution in [-0.2, 0) is 6.42 Å². The molecule has 1 nitrogen and oxygen atoms in total. The number of aromatic nitrogens is 1. The molecule has 2 aromatic carbocycles. The Hall–Kier alpha value is -2.22. The maximum Gasteiger partial charge on any atom is 0.123 e. The van der Waals surface area contributed by atoms with E-state index in [1.54, 1.807) is 0 Å². The molecular weight excluding hydrogens is 309 g/mol. The van der Waals surface area contributed by atoms with E-state index in [0.717, 1.165) is 28.5 Å². The van der Waals surface area contributed by atoms with Gasteiger partial charge in [0, 0.05) is 11.6 Å². The van der Waals surface area contributed by atoms with Gasteiger partial charge in [-0.05, 0) is 59.9 Å². The molecule has 0 N–H and O–H groups in total. The molecule has 0 aliphatic carbocycles. The topological polar surface area (TPSA) is 12.9 Å². The van der Waals surface area contributed by atoms with Gasteiger partial charge in [-0.15, -0.1) is 0 Å². The van der Waals surface area contributed by atoms with E-state index >= 15 is 0 Å². The Morgan fingerprint density at radius 1 is 0.840 bits per heavy atom. The highest BCUT2D eigenvalue weighted by Crippen LogP contribution is 2.28. The van der Waals surface area contributed by atoms with E-state index in [9.17, 15) is 4.39 Å². The predicted octanol–water partition coefficient (Wildman–Crippen LogP) is 6.94. The van der Waals surface area contributed by atoms with Crippen molar-refractivity contribution in [2.75, 3.05) is 0 Å². The first-order chi connectivity index (χ1) is 12.3. The molecule has 0 radical (unpaired) electrons. The Kier molecular flexibility index (Phi) is 6.16. The van der Waals surface area contributed by atoms with Gasteiger partial charge in [-0.3, -0.25) is 4.98 Å². The van der Waals surface area contributed by atoms with Gasteiger partial charge in [0.15, 0.2) is 0 Å². The van der Waals surface area contributed by atoms with Gasteiger partial charge >= 0.3 is 0 Å². The van der Waals surface area contributed by atoms with E-state index in [1.807, 2.05) is 24.4 Å². The molecule has 1 aromatic heterocycles. The number of unbranched alkanes of at least 4 members (excludes halogenated alkanes) is 5. The average Bonchev–Trinajstić information content (AvgIpc) is 2.65. The number of benzene rings is 2. The average molecular weight is 335 g/mol. The van der Waals surface area contributed by atoms with Crippen molar-refractivity contribution >= 4 is 10.9 Å². The van der Waals surface area contributed by atoms with Crippen molar-refractivity contribution in [1.29, 1.82) is 0 Å². The van der Waals surface area contributed by atoms with Crippen molar-refractivity contribution in [3.63, 3.8) is 0 Å². The van der Waals surface area contributed by atoms with Crippen LogP contribution < -0.4 is 0 Å². The summed E-state index contributed by atoms with van der Waals surface area (Å²) in [5, 5.41) is 1.15. The lowest BCUT2D eigenvalue weighted by Gasteiger charge is -2.09. The summed E-state index contributed by atoms with van der Waals surface area (Å²) in [5.74, 6) is -0.203. The molecule has 1 heterocycles. The quantitative estimate of drug-likeness (QED) is 0.406. The van der Waals surface area contributed by atoms with Gasteiger partial charge in [0.1, 0.15) is 5.82 Å². The highest BCUT2D eigenvalue weighted by atomic mass is 19.1. The predicted molar refractivity (Wildman–Crippen MR) is 104 cm³/mol. The van der Waals surface area contributed by atoms with Crippen LogP contribution in [0.25, 0.3) is 22.0 Å². The normalized spacial score (nSPS) is 11.1. The number of nitrogens with zero attached hydrogens (tertiary/aromatic N) is 1. The minimum atomic E-state index is -0.203. The fourth-order valence-electron chi connectivity index (χ4n) is 3.34. The lowest BCUT2D eigenvalue weighted by Crippen LogP contribution is -1.90. The molecule has 3 rings (SSSR count). The van der Waals surface area contributed by atoms with Gasteiger partial charge in [-0.2, -0.15) is 0 Å². The zero-order chi connectivity index (χ0) is 17.5. The summed E-state index contributed by atoms with van der Waals surface area (Å²) < 4.78 is 13.2. The van der Waals surface area contributed by atoms with E-state index in [4.69, 9.17) is 0 Å². The third kappa shape index (κ3) is 4.66. The van der Waals surface area contributed by atoms with E-state index < -0.39 is 0 Å². The Bertz CT molecular complexity index is 808. The third-order valence-electron chi connectivity index (χ3n) is 4.78. The van der Waals surface area contributed by atoms with Crippen molar-refractivity contribution in [1.82, 2.24) is 4.98 Å². The minimum absolute atomic E-state index is 0.203. The fraction of sp³-hybridized carbons (Fsp3) is 0.348. The summed E-state index contributed by atoms with van der Waals surface area (Å²) in [4.78, 5) is 4.48. The molecule has 0 fully saturated rings. The molecule has 0 amide bonds.